The van der Waals surface area contributed by atoms with E-state index in [1.807, 2.05) is 12.3 Å². The third-order valence-electron chi connectivity index (χ3n) is 1.80. The Bertz CT molecular complexity index is 133. The van der Waals surface area contributed by atoms with Crippen molar-refractivity contribution in [2.24, 2.45) is 0 Å². The van der Waals surface area contributed by atoms with Gasteiger partial charge < -0.3 is 5.11 Å². The van der Waals surface area contributed by atoms with E-state index in [1.54, 1.807) is 11.8 Å². The van der Waals surface area contributed by atoms with Gasteiger partial charge in [0.25, 0.3) is 0 Å². The molecule has 1 unspecified atom stereocenters. The molecule has 1 aliphatic rings. The first-order valence-electron chi connectivity index (χ1n) is 3.66. The van der Waals surface area contributed by atoms with Crippen LogP contribution in [0.5, 0.6) is 0 Å². The minimum atomic E-state index is -0.488. The standard InChI is InChI=1S/C8H14OS/c1-10-7-8(9)5-3-2-4-6-8/h3,5,9H,2,4,6-7H2,1H3. The van der Waals surface area contributed by atoms with Gasteiger partial charge in [0.15, 0.2) is 0 Å². The van der Waals surface area contributed by atoms with E-state index in [0.29, 0.717) is 0 Å². The summed E-state index contributed by atoms with van der Waals surface area (Å²) in [6.07, 6.45) is 9.27. The summed E-state index contributed by atoms with van der Waals surface area (Å²) in [5, 5.41) is 9.76. The van der Waals surface area contributed by atoms with Crippen molar-refractivity contribution in [1.82, 2.24) is 0 Å². The van der Waals surface area contributed by atoms with Gasteiger partial charge in [-0.3, -0.25) is 0 Å². The first kappa shape index (κ1) is 8.15. The molecule has 1 atom stereocenters. The van der Waals surface area contributed by atoms with E-state index in [9.17, 15) is 5.11 Å². The summed E-state index contributed by atoms with van der Waals surface area (Å²) in [5.41, 5.74) is -0.488. The van der Waals surface area contributed by atoms with Crippen molar-refractivity contribution in [2.45, 2.75) is 24.9 Å². The van der Waals surface area contributed by atoms with Gasteiger partial charge in [0.05, 0.1) is 5.60 Å². The average molecular weight is 158 g/mol. The normalized spacial score (nSPS) is 32.6. The largest absolute Gasteiger partial charge is 0.385 e. The van der Waals surface area contributed by atoms with Crippen LogP contribution in [-0.4, -0.2) is 22.7 Å². The van der Waals surface area contributed by atoms with Crippen LogP contribution in [0.4, 0.5) is 0 Å². The topological polar surface area (TPSA) is 20.2 Å². The van der Waals surface area contributed by atoms with Crippen LogP contribution >= 0.6 is 11.8 Å². The molecule has 0 aromatic heterocycles. The summed E-state index contributed by atoms with van der Waals surface area (Å²) in [6.45, 7) is 0. The maximum Gasteiger partial charge on any atom is 0.0917 e. The Hall–Kier alpha value is 0.0500. The Morgan fingerprint density at radius 2 is 2.50 bits per heavy atom. The molecular formula is C8H14OS. The van der Waals surface area contributed by atoms with Crippen LogP contribution in [0.25, 0.3) is 0 Å². The molecule has 1 aliphatic carbocycles. The third kappa shape index (κ3) is 2.03. The van der Waals surface area contributed by atoms with Crippen molar-refractivity contribution in [2.75, 3.05) is 12.0 Å². The van der Waals surface area contributed by atoms with E-state index in [4.69, 9.17) is 0 Å². The minimum Gasteiger partial charge on any atom is -0.385 e. The second kappa shape index (κ2) is 3.44. The summed E-state index contributed by atoms with van der Waals surface area (Å²) in [7, 11) is 0. The third-order valence-corrected chi connectivity index (χ3v) is 2.59. The van der Waals surface area contributed by atoms with Crippen LogP contribution in [-0.2, 0) is 0 Å². The lowest BCUT2D eigenvalue weighted by Crippen LogP contribution is -2.30. The van der Waals surface area contributed by atoms with Crippen LogP contribution in [0.15, 0.2) is 12.2 Å². The SMILES string of the molecule is CSCC1(O)C=CCCC1. The molecule has 0 saturated carbocycles. The van der Waals surface area contributed by atoms with E-state index in [0.717, 1.165) is 25.0 Å². The van der Waals surface area contributed by atoms with Crippen LogP contribution in [0, 0.1) is 0 Å². The van der Waals surface area contributed by atoms with Crippen molar-refractivity contribution in [3.8, 4) is 0 Å². The van der Waals surface area contributed by atoms with E-state index in [2.05, 4.69) is 6.08 Å². The zero-order chi connectivity index (χ0) is 7.45. The second-order valence-corrected chi connectivity index (χ2v) is 3.70. The molecule has 2 heteroatoms. The minimum absolute atomic E-state index is 0.488. The van der Waals surface area contributed by atoms with Gasteiger partial charge >= 0.3 is 0 Å². The number of hydrogen-bond acceptors (Lipinski definition) is 2. The van der Waals surface area contributed by atoms with Crippen molar-refractivity contribution in [3.63, 3.8) is 0 Å². The molecule has 0 bridgehead atoms. The van der Waals surface area contributed by atoms with Crippen LogP contribution < -0.4 is 0 Å². The smallest absolute Gasteiger partial charge is 0.0917 e. The fourth-order valence-corrected chi connectivity index (χ4v) is 2.02. The lowest BCUT2D eigenvalue weighted by Gasteiger charge is -2.26. The number of allylic oxidation sites excluding steroid dienone is 1. The molecule has 0 saturated heterocycles. The predicted octanol–water partition coefficient (Wildman–Crippen LogP) is 1.82. The summed E-state index contributed by atoms with van der Waals surface area (Å²) in [4.78, 5) is 0. The summed E-state index contributed by atoms with van der Waals surface area (Å²) in [6, 6.07) is 0. The number of thioether (sulfide) groups is 1. The lowest BCUT2D eigenvalue weighted by atomic mass is 9.93. The average Bonchev–Trinajstić information content (AvgIpc) is 1.89. The molecule has 0 aromatic carbocycles. The van der Waals surface area contributed by atoms with Crippen LogP contribution in [0.1, 0.15) is 19.3 Å². The Labute approximate surface area is 66.5 Å². The highest BCUT2D eigenvalue weighted by atomic mass is 32.2. The fourth-order valence-electron chi connectivity index (χ4n) is 1.28. The lowest BCUT2D eigenvalue weighted by molar-refractivity contribution is 0.0998. The summed E-state index contributed by atoms with van der Waals surface area (Å²) < 4.78 is 0. The van der Waals surface area contributed by atoms with E-state index in [1.165, 1.54) is 0 Å². The Morgan fingerprint density at radius 1 is 1.70 bits per heavy atom. The first-order chi connectivity index (χ1) is 4.77. The van der Waals surface area contributed by atoms with Crippen molar-refractivity contribution < 1.29 is 5.11 Å². The highest BCUT2D eigenvalue weighted by molar-refractivity contribution is 7.98. The van der Waals surface area contributed by atoms with Gasteiger partial charge in [0.1, 0.15) is 0 Å². The molecule has 0 amide bonds. The van der Waals surface area contributed by atoms with Gasteiger partial charge in [0.2, 0.25) is 0 Å². The molecule has 1 nitrogen and oxygen atoms in total. The molecule has 58 valence electrons. The first-order valence-corrected chi connectivity index (χ1v) is 5.05. The Morgan fingerprint density at radius 3 is 3.00 bits per heavy atom. The van der Waals surface area contributed by atoms with Crippen molar-refractivity contribution >= 4 is 11.8 Å². The van der Waals surface area contributed by atoms with Gasteiger partial charge in [-0.2, -0.15) is 11.8 Å². The molecule has 0 aromatic rings. The van der Waals surface area contributed by atoms with Crippen molar-refractivity contribution in [3.05, 3.63) is 12.2 Å². The maximum atomic E-state index is 9.76. The molecule has 1 N–H and O–H groups in total. The van der Waals surface area contributed by atoms with E-state index < -0.39 is 5.60 Å². The predicted molar refractivity (Wildman–Crippen MR) is 46.3 cm³/mol. The molecule has 10 heavy (non-hydrogen) atoms. The van der Waals surface area contributed by atoms with Gasteiger partial charge in [-0.05, 0) is 25.5 Å². The maximum absolute atomic E-state index is 9.76. The van der Waals surface area contributed by atoms with Gasteiger partial charge in [-0.25, -0.2) is 0 Å². The second-order valence-electron chi connectivity index (χ2n) is 2.83. The molecule has 0 fully saturated rings. The zero-order valence-electron chi connectivity index (χ0n) is 6.34. The fraction of sp³-hybridized carbons (Fsp3) is 0.750. The monoisotopic (exact) mass is 158 g/mol. The quantitative estimate of drug-likeness (QED) is 0.619. The van der Waals surface area contributed by atoms with Gasteiger partial charge in [-0.15, -0.1) is 0 Å². The van der Waals surface area contributed by atoms with E-state index >= 15 is 0 Å². The zero-order valence-corrected chi connectivity index (χ0v) is 7.16. The summed E-state index contributed by atoms with van der Waals surface area (Å²) >= 11 is 1.71. The van der Waals surface area contributed by atoms with Gasteiger partial charge in [0, 0.05) is 5.75 Å². The molecule has 0 aliphatic heterocycles. The van der Waals surface area contributed by atoms with Crippen molar-refractivity contribution in [1.29, 1.82) is 0 Å². The highest BCUT2D eigenvalue weighted by Gasteiger charge is 2.23. The highest BCUT2D eigenvalue weighted by Crippen LogP contribution is 2.24. The number of aliphatic hydroxyl groups is 1. The van der Waals surface area contributed by atoms with Gasteiger partial charge in [-0.1, -0.05) is 12.2 Å². The Kier molecular flexibility index (Phi) is 2.81. The summed E-state index contributed by atoms with van der Waals surface area (Å²) in [5.74, 6) is 0.837. The molecule has 0 radical (unpaired) electrons. The number of hydrogen-bond donors (Lipinski definition) is 1. The number of rotatable bonds is 2. The van der Waals surface area contributed by atoms with Crippen LogP contribution in [0.2, 0.25) is 0 Å². The Balaban J connectivity index is 2.48. The molecule has 1 rings (SSSR count). The molecular weight excluding hydrogens is 144 g/mol. The van der Waals surface area contributed by atoms with E-state index in [-0.39, 0.29) is 0 Å². The molecule has 0 heterocycles. The van der Waals surface area contributed by atoms with Crippen LogP contribution in [0.3, 0.4) is 0 Å². The molecule has 0 spiro atoms.